The third-order valence-corrected chi connectivity index (χ3v) is 1.21. The van der Waals surface area contributed by atoms with E-state index >= 15 is 0 Å². The molecule has 66 valence electrons. The number of carbonyl (C=O) groups excluding carboxylic acids is 2. The first-order valence-electron chi connectivity index (χ1n) is 3.48. The molecule has 12 heavy (non-hydrogen) atoms. The van der Waals surface area contributed by atoms with Crippen molar-refractivity contribution in [1.82, 2.24) is 0 Å². The average Bonchev–Trinajstić information content (AvgIpc) is 2.01. The largest absolute Gasteiger partial charge is 0.466 e. The molecular formula is C9H12O3. The van der Waals surface area contributed by atoms with Crippen LogP contribution in [0, 0.1) is 0 Å². The van der Waals surface area contributed by atoms with E-state index in [1.165, 1.54) is 13.2 Å². The summed E-state index contributed by atoms with van der Waals surface area (Å²) >= 11 is 0. The van der Waals surface area contributed by atoms with E-state index in [4.69, 9.17) is 0 Å². The summed E-state index contributed by atoms with van der Waals surface area (Å²) in [5, 5.41) is 0. The van der Waals surface area contributed by atoms with Crippen molar-refractivity contribution in [3.8, 4) is 0 Å². The monoisotopic (exact) mass is 168 g/mol. The maximum Gasteiger partial charge on any atom is 0.334 e. The second-order valence-electron chi connectivity index (χ2n) is 2.45. The first-order chi connectivity index (χ1) is 5.61. The Morgan fingerprint density at radius 1 is 1.58 bits per heavy atom. The summed E-state index contributed by atoms with van der Waals surface area (Å²) in [6, 6.07) is 0. The number of rotatable bonds is 4. The van der Waals surface area contributed by atoms with Crippen LogP contribution in [-0.2, 0) is 14.3 Å². The second kappa shape index (κ2) is 5.29. The Bertz CT molecular complexity index is 226. The van der Waals surface area contributed by atoms with E-state index in [9.17, 15) is 9.59 Å². The molecule has 0 aliphatic rings. The Kier molecular flexibility index (Phi) is 4.69. The van der Waals surface area contributed by atoms with Crippen molar-refractivity contribution in [1.29, 1.82) is 0 Å². The van der Waals surface area contributed by atoms with Gasteiger partial charge in [0.1, 0.15) is 6.29 Å². The maximum absolute atomic E-state index is 10.9. The number of esters is 1. The summed E-state index contributed by atoms with van der Waals surface area (Å²) in [7, 11) is 1.28. The van der Waals surface area contributed by atoms with Crippen LogP contribution in [0.2, 0.25) is 0 Å². The van der Waals surface area contributed by atoms with Gasteiger partial charge in [-0.15, -0.1) is 0 Å². The molecule has 0 bridgehead atoms. The smallest absolute Gasteiger partial charge is 0.334 e. The van der Waals surface area contributed by atoms with Crippen LogP contribution in [0.4, 0.5) is 0 Å². The molecule has 0 radical (unpaired) electrons. The first kappa shape index (κ1) is 10.6. The van der Waals surface area contributed by atoms with Crippen LogP contribution >= 0.6 is 0 Å². The van der Waals surface area contributed by atoms with E-state index < -0.39 is 5.97 Å². The number of allylic oxidation sites excluding steroid dienone is 2. The minimum Gasteiger partial charge on any atom is -0.466 e. The minimum absolute atomic E-state index is 0.333. The van der Waals surface area contributed by atoms with Crippen LogP contribution in [-0.4, -0.2) is 19.4 Å². The molecule has 0 aliphatic carbocycles. The lowest BCUT2D eigenvalue weighted by Crippen LogP contribution is -2.05. The highest BCUT2D eigenvalue weighted by molar-refractivity contribution is 5.92. The summed E-state index contributed by atoms with van der Waals surface area (Å²) in [5.74, 6) is -0.481. The molecule has 0 aromatic rings. The quantitative estimate of drug-likeness (QED) is 0.274. The van der Waals surface area contributed by atoms with Gasteiger partial charge in [-0.05, 0) is 13.0 Å². The SMILES string of the molecule is C=C(C)CC(=CC=O)C(=O)OC. The summed E-state index contributed by atoms with van der Waals surface area (Å²) < 4.78 is 4.46. The van der Waals surface area contributed by atoms with Gasteiger partial charge in [0, 0.05) is 12.0 Å². The van der Waals surface area contributed by atoms with Gasteiger partial charge in [0.2, 0.25) is 0 Å². The average molecular weight is 168 g/mol. The molecule has 0 N–H and O–H groups in total. The standard InChI is InChI=1S/C9H12O3/c1-7(2)6-8(4-5-10)9(11)12-3/h4-5H,1,6H2,2-3H3. The number of methoxy groups -OCH3 is 1. The number of carbonyl (C=O) groups is 2. The fourth-order valence-electron chi connectivity index (χ4n) is 0.737. The molecule has 0 fully saturated rings. The Morgan fingerprint density at radius 2 is 2.17 bits per heavy atom. The maximum atomic E-state index is 10.9. The van der Waals surface area contributed by atoms with Gasteiger partial charge in [-0.1, -0.05) is 12.2 Å². The lowest BCUT2D eigenvalue weighted by atomic mass is 10.1. The van der Waals surface area contributed by atoms with Gasteiger partial charge < -0.3 is 4.74 Å². The topological polar surface area (TPSA) is 43.4 Å². The normalized spacial score (nSPS) is 10.7. The zero-order valence-electron chi connectivity index (χ0n) is 7.29. The molecule has 0 aromatic carbocycles. The van der Waals surface area contributed by atoms with Crippen molar-refractivity contribution in [3.63, 3.8) is 0 Å². The van der Waals surface area contributed by atoms with Gasteiger partial charge in [-0.3, -0.25) is 4.79 Å². The Labute approximate surface area is 71.7 Å². The van der Waals surface area contributed by atoms with Crippen molar-refractivity contribution >= 4 is 12.3 Å². The van der Waals surface area contributed by atoms with Gasteiger partial charge >= 0.3 is 5.97 Å². The van der Waals surface area contributed by atoms with Crippen LogP contribution in [0.15, 0.2) is 23.8 Å². The fourth-order valence-corrected chi connectivity index (χ4v) is 0.737. The van der Waals surface area contributed by atoms with Gasteiger partial charge in [-0.25, -0.2) is 4.79 Å². The molecule has 3 nitrogen and oxygen atoms in total. The highest BCUT2D eigenvalue weighted by atomic mass is 16.5. The second-order valence-corrected chi connectivity index (χ2v) is 2.45. The molecule has 0 saturated heterocycles. The van der Waals surface area contributed by atoms with E-state index in [-0.39, 0.29) is 0 Å². The van der Waals surface area contributed by atoms with Gasteiger partial charge in [-0.2, -0.15) is 0 Å². The molecule has 0 aromatic heterocycles. The molecule has 0 saturated carbocycles. The summed E-state index contributed by atoms with van der Waals surface area (Å²) in [6.07, 6.45) is 2.14. The summed E-state index contributed by atoms with van der Waals surface area (Å²) in [5.41, 5.74) is 1.15. The van der Waals surface area contributed by atoms with Crippen LogP contribution in [0.5, 0.6) is 0 Å². The van der Waals surface area contributed by atoms with Crippen LogP contribution in [0.25, 0.3) is 0 Å². The van der Waals surface area contributed by atoms with E-state index in [0.717, 1.165) is 5.57 Å². The zero-order chi connectivity index (χ0) is 9.56. The van der Waals surface area contributed by atoms with Gasteiger partial charge in [0.25, 0.3) is 0 Å². The van der Waals surface area contributed by atoms with Crippen molar-refractivity contribution in [3.05, 3.63) is 23.8 Å². The number of hydrogen-bond acceptors (Lipinski definition) is 3. The predicted octanol–water partition coefficient (Wildman–Crippen LogP) is 1.25. The lowest BCUT2D eigenvalue weighted by Gasteiger charge is -2.02. The predicted molar refractivity (Wildman–Crippen MR) is 45.6 cm³/mol. The van der Waals surface area contributed by atoms with Crippen LogP contribution in [0.1, 0.15) is 13.3 Å². The van der Waals surface area contributed by atoms with Gasteiger partial charge in [0.05, 0.1) is 7.11 Å². The van der Waals surface area contributed by atoms with Gasteiger partial charge in [0.15, 0.2) is 0 Å². The Hall–Kier alpha value is -1.38. The number of aldehydes is 1. The molecule has 3 heteroatoms. The number of hydrogen-bond donors (Lipinski definition) is 0. The number of ether oxygens (including phenoxy) is 1. The fraction of sp³-hybridized carbons (Fsp3) is 0.333. The van der Waals surface area contributed by atoms with E-state index in [1.807, 2.05) is 0 Å². The molecule has 0 spiro atoms. The van der Waals surface area contributed by atoms with E-state index in [1.54, 1.807) is 6.92 Å². The lowest BCUT2D eigenvalue weighted by molar-refractivity contribution is -0.136. The van der Waals surface area contributed by atoms with Crippen LogP contribution in [0.3, 0.4) is 0 Å². The molecule has 0 unspecified atom stereocenters. The van der Waals surface area contributed by atoms with Crippen LogP contribution < -0.4 is 0 Å². The highest BCUT2D eigenvalue weighted by Crippen LogP contribution is 2.09. The molecule has 0 heterocycles. The third-order valence-electron chi connectivity index (χ3n) is 1.21. The van der Waals surface area contributed by atoms with E-state index in [0.29, 0.717) is 18.3 Å². The molecule has 0 atom stereocenters. The van der Waals surface area contributed by atoms with E-state index in [2.05, 4.69) is 11.3 Å². The molecule has 0 rings (SSSR count). The Morgan fingerprint density at radius 3 is 2.50 bits per heavy atom. The molecular weight excluding hydrogens is 156 g/mol. The first-order valence-corrected chi connectivity index (χ1v) is 3.48. The van der Waals surface area contributed by atoms with Crippen molar-refractivity contribution in [2.45, 2.75) is 13.3 Å². The highest BCUT2D eigenvalue weighted by Gasteiger charge is 2.08. The van der Waals surface area contributed by atoms with Crippen molar-refractivity contribution in [2.75, 3.05) is 7.11 Å². The summed E-state index contributed by atoms with van der Waals surface area (Å²) in [4.78, 5) is 21.1. The zero-order valence-corrected chi connectivity index (χ0v) is 7.29. The van der Waals surface area contributed by atoms with Crippen molar-refractivity contribution in [2.24, 2.45) is 0 Å². The van der Waals surface area contributed by atoms with Crippen molar-refractivity contribution < 1.29 is 14.3 Å². The molecule has 0 aliphatic heterocycles. The third kappa shape index (κ3) is 3.71. The minimum atomic E-state index is -0.481. The molecule has 0 amide bonds. The summed E-state index contributed by atoms with van der Waals surface area (Å²) in [6.45, 7) is 5.41. The Balaban J connectivity index is 4.44.